The predicted molar refractivity (Wildman–Crippen MR) is 68.6 cm³/mol. The minimum absolute atomic E-state index is 0.0533. The van der Waals surface area contributed by atoms with Crippen LogP contribution >= 0.6 is 0 Å². The fourth-order valence-electron chi connectivity index (χ4n) is 1.41. The molecule has 1 saturated heterocycles. The molecule has 1 amide bonds. The molecule has 1 aliphatic rings. The monoisotopic (exact) mass is 270 g/mol. The van der Waals surface area contributed by atoms with Gasteiger partial charge < -0.3 is 20.4 Å². The van der Waals surface area contributed by atoms with E-state index in [0.717, 1.165) is 0 Å². The second kappa shape index (κ2) is 5.68. The van der Waals surface area contributed by atoms with E-state index in [4.69, 9.17) is 10.1 Å². The van der Waals surface area contributed by atoms with Crippen molar-refractivity contribution in [2.24, 2.45) is 0 Å². The molecule has 1 aliphatic heterocycles. The van der Waals surface area contributed by atoms with Gasteiger partial charge in [0.15, 0.2) is 0 Å². The van der Waals surface area contributed by atoms with Gasteiger partial charge in [-0.1, -0.05) is 0 Å². The first-order valence-electron chi connectivity index (χ1n) is 5.82. The lowest BCUT2D eigenvalue weighted by molar-refractivity contribution is -0.414. The van der Waals surface area contributed by atoms with E-state index >= 15 is 0 Å². The molecule has 1 rings (SSSR count). The molecule has 0 aromatic heterocycles. The zero-order valence-electron chi connectivity index (χ0n) is 11.2. The quantitative estimate of drug-likeness (QED) is 0.449. The minimum atomic E-state index is -0.649. The number of likely N-dealkylation sites (tertiary alicyclic amines) is 1. The van der Waals surface area contributed by atoms with E-state index in [1.54, 1.807) is 20.8 Å². The number of carbonyl (C=O) groups is 1. The summed E-state index contributed by atoms with van der Waals surface area (Å²) >= 11 is 0. The molecule has 0 saturated carbocycles. The van der Waals surface area contributed by atoms with Gasteiger partial charge in [0, 0.05) is 13.1 Å². The first kappa shape index (κ1) is 14.9. The van der Waals surface area contributed by atoms with E-state index in [0.29, 0.717) is 19.3 Å². The minimum Gasteiger partial charge on any atom is -0.444 e. The van der Waals surface area contributed by atoms with Crippen LogP contribution in [0.3, 0.4) is 0 Å². The molecule has 8 nitrogen and oxygen atoms in total. The zero-order valence-corrected chi connectivity index (χ0v) is 11.2. The summed E-state index contributed by atoms with van der Waals surface area (Å²) in [7, 11) is 0. The highest BCUT2D eigenvalue weighted by Crippen LogP contribution is 2.15. The number of amides is 1. The number of nitrogens with one attached hydrogen (secondary N) is 2. The number of ether oxygens (including phenoxy) is 1. The van der Waals surface area contributed by atoms with Crippen molar-refractivity contribution in [3.05, 3.63) is 22.0 Å². The average Bonchev–Trinajstić information content (AvgIpc) is 2.17. The maximum atomic E-state index is 11.6. The summed E-state index contributed by atoms with van der Waals surface area (Å²) in [6, 6.07) is -0.0533. The summed E-state index contributed by atoms with van der Waals surface area (Å²) in [5.74, 6) is 0. The van der Waals surface area contributed by atoms with Crippen molar-refractivity contribution in [2.45, 2.75) is 32.4 Å². The van der Waals surface area contributed by atoms with Crippen LogP contribution in [-0.2, 0) is 4.74 Å². The second-order valence-corrected chi connectivity index (χ2v) is 5.22. The third kappa shape index (κ3) is 4.57. The van der Waals surface area contributed by atoms with E-state index < -0.39 is 16.6 Å². The summed E-state index contributed by atoms with van der Waals surface area (Å²) in [6.07, 6.45) is 1.44. The van der Waals surface area contributed by atoms with Crippen molar-refractivity contribution < 1.29 is 14.5 Å². The first-order valence-corrected chi connectivity index (χ1v) is 5.82. The van der Waals surface area contributed by atoms with Gasteiger partial charge in [-0.25, -0.2) is 4.79 Å². The number of rotatable bonds is 4. The third-order valence-corrected chi connectivity index (χ3v) is 2.36. The van der Waals surface area contributed by atoms with Gasteiger partial charge in [-0.3, -0.25) is 10.1 Å². The van der Waals surface area contributed by atoms with Gasteiger partial charge >= 0.3 is 11.8 Å². The predicted octanol–water partition coefficient (Wildman–Crippen LogP) is 0.963. The Labute approximate surface area is 111 Å². The van der Waals surface area contributed by atoms with Crippen LogP contribution < -0.4 is 5.32 Å². The van der Waals surface area contributed by atoms with Crippen LogP contribution in [0.25, 0.3) is 0 Å². The average molecular weight is 270 g/mol. The molecular weight excluding hydrogens is 252 g/mol. The highest BCUT2D eigenvalue weighted by molar-refractivity contribution is 5.72. The molecule has 106 valence electrons. The van der Waals surface area contributed by atoms with Gasteiger partial charge in [-0.15, -0.1) is 0 Å². The number of carbonyl (C=O) groups excluding carboxylic acids is 1. The maximum Gasteiger partial charge on any atom is 0.410 e. The van der Waals surface area contributed by atoms with E-state index in [2.05, 4.69) is 5.32 Å². The zero-order chi connectivity index (χ0) is 14.6. The summed E-state index contributed by atoms with van der Waals surface area (Å²) in [6.45, 7) is 6.21. The second-order valence-electron chi connectivity index (χ2n) is 5.22. The van der Waals surface area contributed by atoms with E-state index in [1.165, 1.54) is 11.1 Å². The molecule has 0 unspecified atom stereocenters. The molecular formula is C11H18N4O4. The third-order valence-electron chi connectivity index (χ3n) is 2.36. The van der Waals surface area contributed by atoms with Crippen molar-refractivity contribution in [1.29, 1.82) is 5.41 Å². The number of nitrogens with zero attached hydrogens (tertiary/aromatic N) is 2. The Hall–Kier alpha value is -2.12. The van der Waals surface area contributed by atoms with Crippen molar-refractivity contribution in [2.75, 3.05) is 13.1 Å². The molecule has 0 aromatic rings. The lowest BCUT2D eigenvalue weighted by Crippen LogP contribution is -2.59. The summed E-state index contributed by atoms with van der Waals surface area (Å²) < 4.78 is 5.17. The van der Waals surface area contributed by atoms with Gasteiger partial charge in [0.1, 0.15) is 5.60 Å². The number of allylic oxidation sites excluding steroid dienone is 1. The maximum absolute atomic E-state index is 11.6. The Morgan fingerprint density at radius 2 is 2.11 bits per heavy atom. The highest BCUT2D eigenvalue weighted by Gasteiger charge is 2.33. The normalized spacial score (nSPS) is 16.6. The fourth-order valence-corrected chi connectivity index (χ4v) is 1.41. The lowest BCUT2D eigenvalue weighted by Gasteiger charge is -2.39. The van der Waals surface area contributed by atoms with Crippen LogP contribution in [0.5, 0.6) is 0 Å². The molecule has 0 bridgehead atoms. The Bertz CT molecular complexity index is 407. The molecule has 19 heavy (non-hydrogen) atoms. The molecule has 0 aliphatic carbocycles. The van der Waals surface area contributed by atoms with E-state index in [9.17, 15) is 14.9 Å². The van der Waals surface area contributed by atoms with Crippen LogP contribution in [0.4, 0.5) is 4.79 Å². The molecule has 2 N–H and O–H groups in total. The van der Waals surface area contributed by atoms with Crippen LogP contribution in [0.15, 0.2) is 11.9 Å². The first-order chi connectivity index (χ1) is 8.73. The van der Waals surface area contributed by atoms with Crippen LogP contribution in [0, 0.1) is 15.5 Å². The number of hydrogen-bond acceptors (Lipinski definition) is 6. The van der Waals surface area contributed by atoms with Crippen LogP contribution in [0.1, 0.15) is 20.8 Å². The summed E-state index contributed by atoms with van der Waals surface area (Å²) in [5.41, 5.74) is -0.857. The van der Waals surface area contributed by atoms with Gasteiger partial charge in [0.25, 0.3) is 0 Å². The van der Waals surface area contributed by atoms with Crippen LogP contribution in [-0.4, -0.2) is 46.9 Å². The van der Waals surface area contributed by atoms with Gasteiger partial charge in [-0.05, 0) is 20.8 Å². The number of hydrogen-bond donors (Lipinski definition) is 2. The molecule has 0 atom stereocenters. The Balaban J connectivity index is 2.36. The fraction of sp³-hybridized carbons (Fsp3) is 0.636. The lowest BCUT2D eigenvalue weighted by atomic mass is 10.1. The molecule has 1 fully saturated rings. The van der Waals surface area contributed by atoms with E-state index in [1.807, 2.05) is 0 Å². The summed E-state index contributed by atoms with van der Waals surface area (Å²) in [5, 5.41) is 20.1. The van der Waals surface area contributed by atoms with Crippen molar-refractivity contribution >= 4 is 12.3 Å². The van der Waals surface area contributed by atoms with Crippen molar-refractivity contribution in [1.82, 2.24) is 10.2 Å². The standard InChI is InChI=1S/C11H18N4O4/c1-11(2,3)19-10(16)14-6-8(7-14)13-5-9(4-12)15(17)18/h4-5,8,12-13H,6-7H2,1-3H3/b9-5+,12-4?. The van der Waals surface area contributed by atoms with Crippen molar-refractivity contribution in [3.8, 4) is 0 Å². The van der Waals surface area contributed by atoms with Gasteiger partial charge in [0.05, 0.1) is 23.4 Å². The number of nitro groups is 1. The van der Waals surface area contributed by atoms with Crippen molar-refractivity contribution in [3.63, 3.8) is 0 Å². The molecule has 8 heteroatoms. The Morgan fingerprint density at radius 1 is 1.53 bits per heavy atom. The molecule has 1 heterocycles. The largest absolute Gasteiger partial charge is 0.444 e. The highest BCUT2D eigenvalue weighted by atomic mass is 16.6. The SMILES string of the molecule is CC(C)(C)OC(=O)N1CC(N/C=C(\C=N)[N+](=O)[O-])C1. The Morgan fingerprint density at radius 3 is 2.53 bits per heavy atom. The van der Waals surface area contributed by atoms with Gasteiger partial charge in [0.2, 0.25) is 0 Å². The smallest absolute Gasteiger partial charge is 0.410 e. The van der Waals surface area contributed by atoms with Crippen LogP contribution in [0.2, 0.25) is 0 Å². The molecule has 0 aromatic carbocycles. The Kier molecular flexibility index (Phi) is 4.47. The molecule has 0 spiro atoms. The van der Waals surface area contributed by atoms with Gasteiger partial charge in [-0.2, -0.15) is 0 Å². The molecule has 0 radical (unpaired) electrons. The van der Waals surface area contributed by atoms with E-state index in [-0.39, 0.29) is 11.7 Å². The summed E-state index contributed by atoms with van der Waals surface area (Å²) in [4.78, 5) is 22.9. The topological polar surface area (TPSA) is 109 Å².